The maximum Gasteiger partial charge on any atom is 0.156 e. The van der Waals surface area contributed by atoms with Crippen molar-refractivity contribution in [2.24, 2.45) is 5.41 Å². The van der Waals surface area contributed by atoms with Crippen molar-refractivity contribution in [2.75, 3.05) is 18.8 Å². The average Bonchev–Trinajstić information content (AvgIpc) is 2.07. The minimum atomic E-state index is -3.04. The summed E-state index contributed by atoms with van der Waals surface area (Å²) in [5.74, 6) is 0.162. The summed E-state index contributed by atoms with van der Waals surface area (Å²) in [7, 11) is -3.04. The molecule has 0 saturated carbocycles. The van der Waals surface area contributed by atoms with Crippen molar-refractivity contribution in [3.05, 3.63) is 0 Å². The zero-order valence-corrected chi connectivity index (χ0v) is 14.1. The lowest BCUT2D eigenvalue weighted by Crippen LogP contribution is -2.36. The van der Waals surface area contributed by atoms with Crippen molar-refractivity contribution < 1.29 is 8.42 Å². The summed E-state index contributed by atoms with van der Waals surface area (Å²) in [6.07, 6.45) is 0.910. The molecule has 0 aromatic heterocycles. The SMILES string of the molecule is CC(C)(C)CC(Cl)CNCCS(=O)(=O)C(C)(C)C. The fraction of sp³-hybridized carbons (Fsp3) is 1.00. The maximum atomic E-state index is 11.9. The van der Waals surface area contributed by atoms with Gasteiger partial charge in [0, 0.05) is 18.5 Å². The molecule has 0 bridgehead atoms. The van der Waals surface area contributed by atoms with Crippen molar-refractivity contribution in [3.63, 3.8) is 0 Å². The highest BCUT2D eigenvalue weighted by molar-refractivity contribution is 7.92. The molecule has 0 aliphatic rings. The van der Waals surface area contributed by atoms with Gasteiger partial charge in [0.2, 0.25) is 0 Å². The highest BCUT2D eigenvalue weighted by Gasteiger charge is 2.28. The van der Waals surface area contributed by atoms with E-state index < -0.39 is 14.6 Å². The van der Waals surface area contributed by atoms with Crippen LogP contribution in [0.1, 0.15) is 48.0 Å². The van der Waals surface area contributed by atoms with E-state index in [0.717, 1.165) is 6.42 Å². The van der Waals surface area contributed by atoms with E-state index in [9.17, 15) is 8.42 Å². The van der Waals surface area contributed by atoms with E-state index in [1.807, 2.05) is 0 Å². The third-order valence-corrected chi connectivity index (χ3v) is 5.60. The van der Waals surface area contributed by atoms with Gasteiger partial charge in [0.25, 0.3) is 0 Å². The van der Waals surface area contributed by atoms with Crippen LogP contribution in [0.2, 0.25) is 0 Å². The van der Waals surface area contributed by atoms with Gasteiger partial charge in [-0.3, -0.25) is 0 Å². The van der Waals surface area contributed by atoms with E-state index in [-0.39, 0.29) is 16.5 Å². The number of halogens is 1. The summed E-state index contributed by atoms with van der Waals surface area (Å²) >= 11 is 6.19. The monoisotopic (exact) mass is 297 g/mol. The van der Waals surface area contributed by atoms with Crippen LogP contribution in [0.4, 0.5) is 0 Å². The first kappa shape index (κ1) is 18.2. The Labute approximate surface area is 118 Å². The largest absolute Gasteiger partial charge is 0.314 e. The number of sulfone groups is 1. The van der Waals surface area contributed by atoms with Gasteiger partial charge >= 0.3 is 0 Å². The summed E-state index contributed by atoms with van der Waals surface area (Å²) < 4.78 is 23.0. The molecule has 0 fully saturated rings. The van der Waals surface area contributed by atoms with Crippen LogP contribution in [0.25, 0.3) is 0 Å². The second kappa shape index (κ2) is 6.58. The van der Waals surface area contributed by atoms with E-state index in [1.54, 1.807) is 20.8 Å². The second-order valence-electron chi connectivity index (χ2n) is 7.00. The van der Waals surface area contributed by atoms with Crippen LogP contribution in [-0.4, -0.2) is 37.4 Å². The Morgan fingerprint density at radius 3 is 2.00 bits per heavy atom. The van der Waals surface area contributed by atoms with E-state index >= 15 is 0 Å². The highest BCUT2D eigenvalue weighted by atomic mass is 35.5. The third kappa shape index (κ3) is 7.59. The Kier molecular flexibility index (Phi) is 6.65. The molecule has 110 valence electrons. The van der Waals surface area contributed by atoms with Crippen molar-refractivity contribution in [3.8, 4) is 0 Å². The molecule has 0 aliphatic heterocycles. The first-order chi connectivity index (χ1) is 7.85. The van der Waals surface area contributed by atoms with Crippen LogP contribution >= 0.6 is 11.6 Å². The maximum absolute atomic E-state index is 11.9. The number of alkyl halides is 1. The quantitative estimate of drug-likeness (QED) is 0.606. The molecule has 0 heterocycles. The molecule has 0 aromatic carbocycles. The fourth-order valence-corrected chi connectivity index (χ4v) is 3.11. The van der Waals surface area contributed by atoms with Crippen LogP contribution < -0.4 is 5.32 Å². The summed E-state index contributed by atoms with van der Waals surface area (Å²) in [4.78, 5) is 0. The predicted molar refractivity (Wildman–Crippen MR) is 80.1 cm³/mol. The van der Waals surface area contributed by atoms with Gasteiger partial charge in [0.1, 0.15) is 0 Å². The molecule has 0 rings (SSSR count). The number of hydrogen-bond donors (Lipinski definition) is 1. The lowest BCUT2D eigenvalue weighted by atomic mass is 9.90. The molecule has 0 saturated heterocycles. The van der Waals surface area contributed by atoms with Gasteiger partial charge < -0.3 is 5.32 Å². The minimum Gasteiger partial charge on any atom is -0.314 e. The zero-order valence-electron chi connectivity index (χ0n) is 12.5. The second-order valence-corrected chi connectivity index (χ2v) is 10.5. The van der Waals surface area contributed by atoms with Crippen molar-refractivity contribution in [1.29, 1.82) is 0 Å². The molecule has 1 N–H and O–H groups in total. The van der Waals surface area contributed by atoms with Gasteiger partial charge in [-0.15, -0.1) is 11.6 Å². The average molecular weight is 298 g/mol. The van der Waals surface area contributed by atoms with Crippen LogP contribution in [0, 0.1) is 5.41 Å². The van der Waals surface area contributed by atoms with E-state index in [4.69, 9.17) is 11.6 Å². The van der Waals surface area contributed by atoms with Crippen molar-refractivity contribution in [1.82, 2.24) is 5.32 Å². The van der Waals surface area contributed by atoms with Crippen LogP contribution in [0.5, 0.6) is 0 Å². The number of rotatable bonds is 6. The molecular formula is C13H28ClNO2S. The fourth-order valence-electron chi connectivity index (χ4n) is 1.51. The first-order valence-electron chi connectivity index (χ1n) is 6.42. The summed E-state index contributed by atoms with van der Waals surface area (Å²) in [5, 5.41) is 3.17. The van der Waals surface area contributed by atoms with Crippen molar-refractivity contribution in [2.45, 2.75) is 58.1 Å². The van der Waals surface area contributed by atoms with E-state index in [1.165, 1.54) is 0 Å². The summed E-state index contributed by atoms with van der Waals surface area (Å²) in [6.45, 7) is 12.7. The Balaban J connectivity index is 3.96. The van der Waals surface area contributed by atoms with Gasteiger partial charge in [-0.05, 0) is 32.6 Å². The van der Waals surface area contributed by atoms with Crippen LogP contribution in [0.15, 0.2) is 0 Å². The summed E-state index contributed by atoms with van der Waals surface area (Å²) in [6, 6.07) is 0. The highest BCUT2D eigenvalue weighted by Crippen LogP contribution is 2.23. The van der Waals surface area contributed by atoms with Gasteiger partial charge in [0.05, 0.1) is 10.5 Å². The lowest BCUT2D eigenvalue weighted by Gasteiger charge is -2.22. The molecule has 1 atom stereocenters. The topological polar surface area (TPSA) is 46.2 Å². The molecule has 0 aliphatic carbocycles. The normalized spacial score (nSPS) is 15.7. The molecule has 3 nitrogen and oxygen atoms in total. The Hall–Kier alpha value is 0.200. The standard InChI is InChI=1S/C13H28ClNO2S/c1-12(2,3)9-11(14)10-15-7-8-18(16,17)13(4,5)6/h11,15H,7-10H2,1-6H3. The molecular weight excluding hydrogens is 270 g/mol. The van der Waals surface area contributed by atoms with Gasteiger partial charge in [-0.25, -0.2) is 8.42 Å². The van der Waals surface area contributed by atoms with E-state index in [2.05, 4.69) is 26.1 Å². The van der Waals surface area contributed by atoms with Crippen LogP contribution in [0.3, 0.4) is 0 Å². The van der Waals surface area contributed by atoms with Gasteiger partial charge in [-0.1, -0.05) is 20.8 Å². The minimum absolute atomic E-state index is 0.0438. The Morgan fingerprint density at radius 1 is 1.11 bits per heavy atom. The van der Waals surface area contributed by atoms with Gasteiger partial charge in [-0.2, -0.15) is 0 Å². The van der Waals surface area contributed by atoms with Crippen LogP contribution in [-0.2, 0) is 9.84 Å². The molecule has 0 amide bonds. The number of nitrogens with one attached hydrogen (secondary N) is 1. The molecule has 1 unspecified atom stereocenters. The lowest BCUT2D eigenvalue weighted by molar-refractivity contribution is 0.365. The zero-order chi connectivity index (χ0) is 14.6. The third-order valence-electron chi connectivity index (χ3n) is 2.68. The smallest absolute Gasteiger partial charge is 0.156 e. The molecule has 0 radical (unpaired) electrons. The molecule has 0 spiro atoms. The van der Waals surface area contributed by atoms with E-state index in [0.29, 0.717) is 13.1 Å². The summed E-state index contributed by atoms with van der Waals surface area (Å²) in [5.41, 5.74) is 0.200. The van der Waals surface area contributed by atoms with Gasteiger partial charge in [0.15, 0.2) is 9.84 Å². The molecule has 0 aromatic rings. The Morgan fingerprint density at radius 2 is 1.61 bits per heavy atom. The predicted octanol–water partition coefficient (Wildman–Crippen LogP) is 2.83. The van der Waals surface area contributed by atoms with Crippen molar-refractivity contribution >= 4 is 21.4 Å². The first-order valence-corrected chi connectivity index (χ1v) is 8.51. The molecule has 5 heteroatoms. The number of hydrogen-bond acceptors (Lipinski definition) is 3. The Bertz CT molecular complexity index is 339. The molecule has 18 heavy (non-hydrogen) atoms.